The normalized spacial score (nSPS) is 16.2. The van der Waals surface area contributed by atoms with E-state index in [1.54, 1.807) is 6.92 Å². The Kier molecular flexibility index (Phi) is 3.68. The van der Waals surface area contributed by atoms with Gasteiger partial charge < -0.3 is 15.5 Å². The maximum absolute atomic E-state index is 10.8. The fraction of sp³-hybridized carbons (Fsp3) is 0.667. The van der Waals surface area contributed by atoms with Crippen molar-refractivity contribution in [2.75, 3.05) is 42.9 Å². The van der Waals surface area contributed by atoms with Crippen molar-refractivity contribution in [3.8, 4) is 0 Å². The van der Waals surface area contributed by atoms with Gasteiger partial charge in [0, 0.05) is 26.2 Å². The number of hydrogen-bond acceptors (Lipinski definition) is 7. The Bertz CT molecular complexity index is 361. The van der Waals surface area contributed by atoms with Crippen LogP contribution in [-0.4, -0.2) is 48.7 Å². The Labute approximate surface area is 98.0 Å². The van der Waals surface area contributed by atoms with Crippen molar-refractivity contribution in [3.05, 3.63) is 0 Å². The van der Waals surface area contributed by atoms with Crippen LogP contribution in [0.5, 0.6) is 0 Å². The van der Waals surface area contributed by atoms with Crippen LogP contribution in [0, 0.1) is 0 Å². The molecule has 16 heavy (non-hydrogen) atoms. The van der Waals surface area contributed by atoms with Crippen LogP contribution in [-0.2, 0) is 4.79 Å². The zero-order chi connectivity index (χ0) is 11.4. The van der Waals surface area contributed by atoms with Gasteiger partial charge in [-0.2, -0.15) is 0 Å². The highest BCUT2D eigenvalue weighted by molar-refractivity contribution is 7.19. The molecule has 0 aliphatic carbocycles. The van der Waals surface area contributed by atoms with E-state index in [2.05, 4.69) is 25.7 Å². The lowest BCUT2D eigenvalue weighted by Crippen LogP contribution is -2.43. The Hall–Kier alpha value is -1.21. The van der Waals surface area contributed by atoms with Crippen molar-refractivity contribution in [1.29, 1.82) is 0 Å². The van der Waals surface area contributed by atoms with E-state index < -0.39 is 0 Å². The third-order valence-corrected chi connectivity index (χ3v) is 3.23. The molecule has 1 aromatic heterocycles. The van der Waals surface area contributed by atoms with Crippen molar-refractivity contribution >= 4 is 27.4 Å². The Morgan fingerprint density at radius 2 is 2.25 bits per heavy atom. The van der Waals surface area contributed by atoms with Crippen LogP contribution in [0.2, 0.25) is 0 Å². The molecule has 1 fully saturated rings. The summed E-state index contributed by atoms with van der Waals surface area (Å²) in [6.45, 7) is 5.75. The quantitative estimate of drug-likeness (QED) is 0.770. The Balaban J connectivity index is 1.93. The molecule has 1 aliphatic heterocycles. The molecule has 0 saturated carbocycles. The average molecular weight is 241 g/mol. The van der Waals surface area contributed by atoms with Gasteiger partial charge in [0.2, 0.25) is 10.3 Å². The minimum atomic E-state index is 0.0962. The second-order valence-corrected chi connectivity index (χ2v) is 4.64. The van der Waals surface area contributed by atoms with Gasteiger partial charge in [0.05, 0.1) is 6.54 Å². The highest BCUT2D eigenvalue weighted by atomic mass is 32.1. The van der Waals surface area contributed by atoms with Crippen molar-refractivity contribution in [3.63, 3.8) is 0 Å². The van der Waals surface area contributed by atoms with Crippen LogP contribution < -0.4 is 15.5 Å². The van der Waals surface area contributed by atoms with E-state index in [0.717, 1.165) is 31.3 Å². The van der Waals surface area contributed by atoms with Crippen LogP contribution in [0.1, 0.15) is 6.92 Å². The second kappa shape index (κ2) is 5.22. The van der Waals surface area contributed by atoms with Gasteiger partial charge in [-0.3, -0.25) is 4.79 Å². The molecule has 2 N–H and O–H groups in total. The fourth-order valence-corrected chi connectivity index (χ4v) is 2.26. The maximum Gasteiger partial charge on any atom is 0.210 e. The first-order valence-electron chi connectivity index (χ1n) is 5.28. The minimum Gasteiger partial charge on any atom is -0.353 e. The van der Waals surface area contributed by atoms with E-state index >= 15 is 0 Å². The van der Waals surface area contributed by atoms with Crippen LogP contribution in [0.4, 0.5) is 10.3 Å². The number of piperazine rings is 1. The standard InChI is InChI=1S/C9H15N5OS/c1-7(15)6-11-8-12-13-9(16-8)14-4-2-10-3-5-14/h10H,2-6H2,1H3,(H,11,12). The molecule has 7 heteroatoms. The monoisotopic (exact) mass is 241 g/mol. The molecule has 1 aliphatic rings. The highest BCUT2D eigenvalue weighted by Gasteiger charge is 2.14. The Morgan fingerprint density at radius 1 is 1.50 bits per heavy atom. The van der Waals surface area contributed by atoms with Gasteiger partial charge in [0.1, 0.15) is 5.78 Å². The average Bonchev–Trinajstić information content (AvgIpc) is 2.76. The Morgan fingerprint density at radius 3 is 2.94 bits per heavy atom. The van der Waals surface area contributed by atoms with Crippen LogP contribution >= 0.6 is 11.3 Å². The van der Waals surface area contributed by atoms with E-state index in [9.17, 15) is 4.79 Å². The van der Waals surface area contributed by atoms with E-state index in [-0.39, 0.29) is 5.78 Å². The minimum absolute atomic E-state index is 0.0962. The van der Waals surface area contributed by atoms with E-state index in [1.165, 1.54) is 11.3 Å². The molecule has 88 valence electrons. The summed E-state index contributed by atoms with van der Waals surface area (Å²) in [4.78, 5) is 13.0. The number of Topliss-reactive ketones (excluding diaryl/α,β-unsaturated/α-hetero) is 1. The number of nitrogens with zero attached hydrogens (tertiary/aromatic N) is 3. The summed E-state index contributed by atoms with van der Waals surface area (Å²) in [5.74, 6) is 0.0962. The first kappa shape index (κ1) is 11.3. The molecule has 0 bridgehead atoms. The number of aromatic nitrogens is 2. The molecule has 0 atom stereocenters. The molecular weight excluding hydrogens is 226 g/mol. The number of anilines is 2. The van der Waals surface area contributed by atoms with Gasteiger partial charge in [0.15, 0.2) is 0 Å². The number of rotatable bonds is 4. The molecule has 0 aromatic carbocycles. The summed E-state index contributed by atoms with van der Waals surface area (Å²) in [5.41, 5.74) is 0. The fourth-order valence-electron chi connectivity index (χ4n) is 1.47. The van der Waals surface area contributed by atoms with Gasteiger partial charge in [-0.15, -0.1) is 10.2 Å². The highest BCUT2D eigenvalue weighted by Crippen LogP contribution is 2.23. The van der Waals surface area contributed by atoms with Gasteiger partial charge in [-0.05, 0) is 6.92 Å². The van der Waals surface area contributed by atoms with Crippen molar-refractivity contribution in [1.82, 2.24) is 15.5 Å². The van der Waals surface area contributed by atoms with E-state index in [0.29, 0.717) is 11.7 Å². The molecule has 0 unspecified atom stereocenters. The lowest BCUT2D eigenvalue weighted by atomic mass is 10.4. The van der Waals surface area contributed by atoms with Crippen molar-refractivity contribution in [2.45, 2.75) is 6.92 Å². The predicted molar refractivity (Wildman–Crippen MR) is 64.2 cm³/mol. The first-order valence-corrected chi connectivity index (χ1v) is 6.10. The molecule has 2 heterocycles. The number of nitrogens with one attached hydrogen (secondary N) is 2. The molecule has 1 aromatic rings. The first-order chi connectivity index (χ1) is 7.75. The number of carbonyl (C=O) groups is 1. The van der Waals surface area contributed by atoms with Gasteiger partial charge in [0.25, 0.3) is 0 Å². The van der Waals surface area contributed by atoms with Crippen LogP contribution in [0.15, 0.2) is 0 Å². The summed E-state index contributed by atoms with van der Waals surface area (Å²) >= 11 is 1.49. The molecule has 0 radical (unpaired) electrons. The molecule has 0 spiro atoms. The van der Waals surface area contributed by atoms with Crippen LogP contribution in [0.3, 0.4) is 0 Å². The molecular formula is C9H15N5OS. The van der Waals surface area contributed by atoms with Crippen molar-refractivity contribution in [2.24, 2.45) is 0 Å². The SMILES string of the molecule is CC(=O)CNc1nnc(N2CCNCC2)s1. The summed E-state index contributed by atoms with van der Waals surface area (Å²) in [6, 6.07) is 0. The summed E-state index contributed by atoms with van der Waals surface area (Å²) in [7, 11) is 0. The van der Waals surface area contributed by atoms with Crippen LogP contribution in [0.25, 0.3) is 0 Å². The van der Waals surface area contributed by atoms with E-state index in [1.807, 2.05) is 0 Å². The lowest BCUT2D eigenvalue weighted by Gasteiger charge is -2.26. The van der Waals surface area contributed by atoms with Crippen molar-refractivity contribution < 1.29 is 4.79 Å². The third-order valence-electron chi connectivity index (χ3n) is 2.29. The van der Waals surface area contributed by atoms with Gasteiger partial charge >= 0.3 is 0 Å². The van der Waals surface area contributed by atoms with Gasteiger partial charge in [-0.25, -0.2) is 0 Å². The summed E-state index contributed by atoms with van der Waals surface area (Å²) in [5, 5.41) is 16.0. The second-order valence-electron chi connectivity index (χ2n) is 3.68. The molecule has 6 nitrogen and oxygen atoms in total. The molecule has 1 saturated heterocycles. The number of carbonyl (C=O) groups excluding carboxylic acids is 1. The summed E-state index contributed by atoms with van der Waals surface area (Å²) < 4.78 is 0. The topological polar surface area (TPSA) is 70.2 Å². The molecule has 2 rings (SSSR count). The third kappa shape index (κ3) is 2.89. The predicted octanol–water partition coefficient (Wildman–Crippen LogP) is -0.0514. The number of ketones is 1. The van der Waals surface area contributed by atoms with Gasteiger partial charge in [-0.1, -0.05) is 11.3 Å². The lowest BCUT2D eigenvalue weighted by molar-refractivity contribution is -0.115. The largest absolute Gasteiger partial charge is 0.353 e. The maximum atomic E-state index is 10.8. The molecule has 0 amide bonds. The number of hydrogen-bond donors (Lipinski definition) is 2. The van der Waals surface area contributed by atoms with E-state index in [4.69, 9.17) is 0 Å². The smallest absolute Gasteiger partial charge is 0.210 e. The summed E-state index contributed by atoms with van der Waals surface area (Å²) in [6.07, 6.45) is 0. The zero-order valence-corrected chi connectivity index (χ0v) is 10.0. The zero-order valence-electron chi connectivity index (χ0n) is 9.19.